The highest BCUT2D eigenvalue weighted by Gasteiger charge is 2.26. The molecule has 1 N–H and O–H groups in total. The third kappa shape index (κ3) is 5.78. The maximum atomic E-state index is 12.4. The SMILES string of the molecule is COC(=O)c1c(NC(=O)COC(=O)CCCc2nc3ccccc3s2)sc2c1CCCCC2. The molecule has 0 spiro atoms. The van der Waals surface area contributed by atoms with E-state index in [0.29, 0.717) is 23.4 Å². The number of amides is 1. The van der Waals surface area contributed by atoms with Crippen molar-refractivity contribution >= 4 is 55.7 Å². The van der Waals surface area contributed by atoms with E-state index >= 15 is 0 Å². The number of thiazole rings is 1. The molecule has 174 valence electrons. The average molecular weight is 487 g/mol. The number of ether oxygens (including phenoxy) is 2. The van der Waals surface area contributed by atoms with Gasteiger partial charge in [0, 0.05) is 11.3 Å². The Morgan fingerprint density at radius 1 is 1.09 bits per heavy atom. The van der Waals surface area contributed by atoms with Crippen LogP contribution in [0, 0.1) is 0 Å². The summed E-state index contributed by atoms with van der Waals surface area (Å²) in [6, 6.07) is 7.93. The van der Waals surface area contributed by atoms with E-state index < -0.39 is 17.8 Å². The Morgan fingerprint density at radius 3 is 2.73 bits per heavy atom. The predicted octanol–water partition coefficient (Wildman–Crippen LogP) is 4.92. The van der Waals surface area contributed by atoms with Crippen molar-refractivity contribution in [1.29, 1.82) is 0 Å². The summed E-state index contributed by atoms with van der Waals surface area (Å²) in [6.07, 6.45) is 6.39. The molecule has 0 bridgehead atoms. The Kier molecular flexibility index (Phi) is 7.72. The largest absolute Gasteiger partial charge is 0.465 e. The van der Waals surface area contributed by atoms with Crippen molar-refractivity contribution in [1.82, 2.24) is 4.98 Å². The molecule has 9 heteroatoms. The first-order valence-corrected chi connectivity index (χ1v) is 12.7. The van der Waals surface area contributed by atoms with Crippen LogP contribution in [-0.4, -0.2) is 36.5 Å². The van der Waals surface area contributed by atoms with Gasteiger partial charge in [-0.1, -0.05) is 18.6 Å². The van der Waals surface area contributed by atoms with Gasteiger partial charge in [-0.25, -0.2) is 9.78 Å². The second-order valence-corrected chi connectivity index (χ2v) is 10.1. The number of rotatable bonds is 8. The molecule has 2 aromatic heterocycles. The number of carbonyl (C=O) groups excluding carboxylic acids is 3. The molecule has 0 saturated heterocycles. The van der Waals surface area contributed by atoms with E-state index in [9.17, 15) is 14.4 Å². The molecule has 1 aliphatic rings. The zero-order chi connectivity index (χ0) is 23.2. The molecular formula is C24H26N2O5S2. The number of fused-ring (bicyclic) bond motifs is 2. The van der Waals surface area contributed by atoms with Crippen molar-refractivity contribution in [2.75, 3.05) is 19.0 Å². The van der Waals surface area contributed by atoms with Crippen LogP contribution in [0.3, 0.4) is 0 Å². The summed E-state index contributed by atoms with van der Waals surface area (Å²) in [7, 11) is 1.34. The number of carbonyl (C=O) groups is 3. The van der Waals surface area contributed by atoms with Gasteiger partial charge in [-0.3, -0.25) is 9.59 Å². The van der Waals surface area contributed by atoms with Gasteiger partial charge >= 0.3 is 11.9 Å². The van der Waals surface area contributed by atoms with Crippen LogP contribution in [0.5, 0.6) is 0 Å². The van der Waals surface area contributed by atoms with E-state index in [1.54, 1.807) is 11.3 Å². The lowest BCUT2D eigenvalue weighted by atomic mass is 10.1. The Labute approximate surface area is 200 Å². The summed E-state index contributed by atoms with van der Waals surface area (Å²) in [5, 5.41) is 4.21. The summed E-state index contributed by atoms with van der Waals surface area (Å²) in [6.45, 7) is -0.386. The zero-order valence-electron chi connectivity index (χ0n) is 18.5. The summed E-state index contributed by atoms with van der Waals surface area (Å²) in [5.74, 6) is -1.34. The van der Waals surface area contributed by atoms with Gasteiger partial charge in [-0.2, -0.15) is 0 Å². The Morgan fingerprint density at radius 2 is 1.91 bits per heavy atom. The van der Waals surface area contributed by atoms with E-state index in [4.69, 9.17) is 9.47 Å². The van der Waals surface area contributed by atoms with Gasteiger partial charge in [-0.05, 0) is 56.2 Å². The van der Waals surface area contributed by atoms with Gasteiger partial charge in [0.05, 0.1) is 27.9 Å². The van der Waals surface area contributed by atoms with Gasteiger partial charge in [0.1, 0.15) is 5.00 Å². The third-order valence-corrected chi connectivity index (χ3v) is 7.84. The van der Waals surface area contributed by atoms with E-state index in [1.165, 1.54) is 18.4 Å². The number of hydrogen-bond acceptors (Lipinski definition) is 8. The maximum Gasteiger partial charge on any atom is 0.341 e. The molecule has 0 unspecified atom stereocenters. The number of para-hydroxylation sites is 1. The fourth-order valence-corrected chi connectivity index (χ4v) is 6.24. The molecule has 2 heterocycles. The summed E-state index contributed by atoms with van der Waals surface area (Å²) in [4.78, 5) is 42.5. The molecule has 7 nitrogen and oxygen atoms in total. The molecule has 0 aliphatic heterocycles. The predicted molar refractivity (Wildman–Crippen MR) is 129 cm³/mol. The lowest BCUT2D eigenvalue weighted by molar-refractivity contribution is -0.147. The molecule has 1 aliphatic carbocycles. The van der Waals surface area contributed by atoms with E-state index in [0.717, 1.165) is 57.8 Å². The van der Waals surface area contributed by atoms with Crippen LogP contribution in [0.25, 0.3) is 10.2 Å². The van der Waals surface area contributed by atoms with Crippen LogP contribution in [0.4, 0.5) is 5.00 Å². The molecular weight excluding hydrogens is 460 g/mol. The van der Waals surface area contributed by atoms with Gasteiger partial charge in [-0.15, -0.1) is 22.7 Å². The van der Waals surface area contributed by atoms with Crippen LogP contribution in [0.2, 0.25) is 0 Å². The molecule has 1 amide bonds. The van der Waals surface area contributed by atoms with Crippen LogP contribution in [-0.2, 0) is 38.3 Å². The summed E-state index contributed by atoms with van der Waals surface area (Å²) >= 11 is 3.04. The van der Waals surface area contributed by atoms with Crippen molar-refractivity contribution in [2.45, 2.75) is 51.4 Å². The number of esters is 2. The Hall–Kier alpha value is -2.78. The minimum atomic E-state index is -0.462. The highest BCUT2D eigenvalue weighted by atomic mass is 32.1. The topological polar surface area (TPSA) is 94.6 Å². The monoisotopic (exact) mass is 486 g/mol. The second-order valence-electron chi connectivity index (χ2n) is 7.90. The molecule has 0 atom stereocenters. The third-order valence-electron chi connectivity index (χ3n) is 5.54. The summed E-state index contributed by atoms with van der Waals surface area (Å²) in [5.41, 5.74) is 2.38. The summed E-state index contributed by atoms with van der Waals surface area (Å²) < 4.78 is 11.2. The van der Waals surface area contributed by atoms with Crippen molar-refractivity contribution in [3.8, 4) is 0 Å². The molecule has 0 fully saturated rings. The highest BCUT2D eigenvalue weighted by molar-refractivity contribution is 7.18. The number of nitrogens with zero attached hydrogens (tertiary/aromatic N) is 1. The maximum absolute atomic E-state index is 12.4. The fraction of sp³-hybridized carbons (Fsp3) is 0.417. The quantitative estimate of drug-likeness (QED) is 0.359. The highest BCUT2D eigenvalue weighted by Crippen LogP contribution is 2.38. The minimum absolute atomic E-state index is 0.212. The van der Waals surface area contributed by atoms with Gasteiger partial charge in [0.2, 0.25) is 0 Å². The van der Waals surface area contributed by atoms with Crippen molar-refractivity contribution in [3.63, 3.8) is 0 Å². The Balaban J connectivity index is 1.27. The van der Waals surface area contributed by atoms with Crippen molar-refractivity contribution in [3.05, 3.63) is 45.3 Å². The zero-order valence-corrected chi connectivity index (χ0v) is 20.1. The van der Waals surface area contributed by atoms with Crippen LogP contribution in [0.1, 0.15) is 57.9 Å². The van der Waals surface area contributed by atoms with Crippen molar-refractivity contribution < 1.29 is 23.9 Å². The molecule has 1 aromatic carbocycles. The van der Waals surface area contributed by atoms with Crippen LogP contribution >= 0.6 is 22.7 Å². The van der Waals surface area contributed by atoms with Gasteiger partial charge in [0.25, 0.3) is 5.91 Å². The molecule has 3 aromatic rings. The minimum Gasteiger partial charge on any atom is -0.465 e. The number of methoxy groups -OCH3 is 1. The Bertz CT molecular complexity index is 1130. The fourth-order valence-electron chi connectivity index (χ4n) is 3.94. The number of nitrogens with one attached hydrogen (secondary N) is 1. The molecule has 4 rings (SSSR count). The number of thiophene rings is 1. The average Bonchev–Trinajstić information content (AvgIpc) is 3.29. The van der Waals surface area contributed by atoms with E-state index in [2.05, 4.69) is 10.3 Å². The van der Waals surface area contributed by atoms with Gasteiger partial charge in [0.15, 0.2) is 6.61 Å². The normalized spacial score (nSPS) is 13.2. The van der Waals surface area contributed by atoms with Gasteiger partial charge < -0.3 is 14.8 Å². The smallest absolute Gasteiger partial charge is 0.341 e. The molecule has 0 radical (unpaired) electrons. The van der Waals surface area contributed by atoms with E-state index in [1.807, 2.05) is 24.3 Å². The number of hydrogen-bond donors (Lipinski definition) is 1. The van der Waals surface area contributed by atoms with Crippen molar-refractivity contribution in [2.24, 2.45) is 0 Å². The first-order valence-electron chi connectivity index (χ1n) is 11.1. The van der Waals surface area contributed by atoms with Crippen LogP contribution < -0.4 is 5.32 Å². The molecule has 0 saturated carbocycles. The molecule has 33 heavy (non-hydrogen) atoms. The van der Waals surface area contributed by atoms with E-state index in [-0.39, 0.29) is 13.0 Å². The first-order chi connectivity index (χ1) is 16.0. The standard InChI is InChI=1S/C24H26N2O5S2/c1-30-24(29)22-15-8-3-2-4-10-17(15)33-23(22)26-19(27)14-31-21(28)13-7-12-20-25-16-9-5-6-11-18(16)32-20/h5-6,9,11H,2-4,7-8,10,12-14H2,1H3,(H,26,27). The number of anilines is 1. The number of aryl methyl sites for hydroxylation is 2. The lowest BCUT2D eigenvalue weighted by Gasteiger charge is -2.08. The second kappa shape index (κ2) is 10.9. The first kappa shape index (κ1) is 23.4. The van der Waals surface area contributed by atoms with Crippen LogP contribution in [0.15, 0.2) is 24.3 Å². The number of aromatic nitrogens is 1. The lowest BCUT2D eigenvalue weighted by Crippen LogP contribution is -2.21. The number of benzene rings is 1.